The maximum atomic E-state index is 13.2. The number of hydrogen-bond acceptors (Lipinski definition) is 5. The number of amides is 1. The van der Waals surface area contributed by atoms with Crippen LogP contribution in [0.2, 0.25) is 0 Å². The fourth-order valence-electron chi connectivity index (χ4n) is 3.93. The van der Waals surface area contributed by atoms with E-state index in [9.17, 15) is 4.79 Å². The number of H-pyrrole nitrogens is 1. The summed E-state index contributed by atoms with van der Waals surface area (Å²) in [6.45, 7) is 5.82. The van der Waals surface area contributed by atoms with E-state index in [1.165, 1.54) is 0 Å². The van der Waals surface area contributed by atoms with Crippen LogP contribution in [0.5, 0.6) is 0 Å². The fraction of sp³-hybridized carbons (Fsp3) is 0.455. The number of benzene rings is 1. The zero-order valence-corrected chi connectivity index (χ0v) is 17.0. The maximum Gasteiger partial charge on any atom is 0.225 e. The molecule has 3 atom stereocenters. The van der Waals surface area contributed by atoms with Crippen molar-refractivity contribution in [2.45, 2.75) is 39.2 Å². The number of nitrogens with one attached hydrogen (secondary N) is 2. The van der Waals surface area contributed by atoms with Crippen LogP contribution < -0.4 is 10.2 Å². The molecule has 1 aliphatic heterocycles. The van der Waals surface area contributed by atoms with E-state index in [2.05, 4.69) is 39.0 Å². The number of fused-ring (bicyclic) bond motifs is 1. The molecule has 1 aliphatic rings. The van der Waals surface area contributed by atoms with Crippen molar-refractivity contribution < 1.29 is 4.79 Å². The van der Waals surface area contributed by atoms with Gasteiger partial charge in [0.2, 0.25) is 11.9 Å². The van der Waals surface area contributed by atoms with Gasteiger partial charge in [0.15, 0.2) is 0 Å². The Morgan fingerprint density at radius 2 is 2.07 bits per heavy atom. The van der Waals surface area contributed by atoms with Gasteiger partial charge in [-0.15, -0.1) is 0 Å². The minimum absolute atomic E-state index is 0.0800. The van der Waals surface area contributed by atoms with Crippen molar-refractivity contribution in [3.8, 4) is 0 Å². The molecule has 0 aliphatic carbocycles. The summed E-state index contributed by atoms with van der Waals surface area (Å²) in [7, 11) is 0. The topological polar surface area (TPSA) is 86.8 Å². The average Bonchev–Trinajstić information content (AvgIpc) is 3.21. The molecule has 4 rings (SSSR count). The second-order valence-corrected chi connectivity index (χ2v) is 7.84. The molecule has 0 saturated carbocycles. The van der Waals surface area contributed by atoms with E-state index in [0.29, 0.717) is 12.5 Å². The number of aromatic amines is 1. The highest BCUT2D eigenvalue weighted by Crippen LogP contribution is 2.27. The van der Waals surface area contributed by atoms with Crippen LogP contribution in [0.25, 0.3) is 11.0 Å². The minimum Gasteiger partial charge on any atom is -0.346 e. The van der Waals surface area contributed by atoms with Crippen molar-refractivity contribution in [1.29, 1.82) is 0 Å². The summed E-state index contributed by atoms with van der Waals surface area (Å²) in [5.74, 6) is 1.80. The van der Waals surface area contributed by atoms with Gasteiger partial charge in [-0.1, -0.05) is 32.4 Å². The lowest BCUT2D eigenvalue weighted by molar-refractivity contribution is -0.126. The fourth-order valence-corrected chi connectivity index (χ4v) is 3.93. The van der Waals surface area contributed by atoms with E-state index in [4.69, 9.17) is 4.98 Å². The highest BCUT2D eigenvalue weighted by Gasteiger charge is 2.31. The summed E-state index contributed by atoms with van der Waals surface area (Å²) in [5.41, 5.74) is 1.92. The molecule has 1 unspecified atom stereocenters. The lowest BCUT2D eigenvalue weighted by Gasteiger charge is -2.33. The predicted octanol–water partition coefficient (Wildman–Crippen LogP) is 3.47. The number of hydrogen-bond donors (Lipinski definition) is 2. The van der Waals surface area contributed by atoms with Crippen LogP contribution in [0, 0.1) is 11.8 Å². The van der Waals surface area contributed by atoms with Crippen molar-refractivity contribution in [3.63, 3.8) is 0 Å². The zero-order valence-electron chi connectivity index (χ0n) is 17.0. The van der Waals surface area contributed by atoms with Gasteiger partial charge in [-0.05, 0) is 37.0 Å². The molecule has 2 N–H and O–H groups in total. The number of carbonyl (C=O) groups is 1. The van der Waals surface area contributed by atoms with Gasteiger partial charge in [0.25, 0.3) is 0 Å². The van der Waals surface area contributed by atoms with E-state index in [0.717, 1.165) is 42.7 Å². The average molecular weight is 393 g/mol. The first-order chi connectivity index (χ1) is 14.2. The summed E-state index contributed by atoms with van der Waals surface area (Å²) in [5, 5.41) is 3.29. The predicted molar refractivity (Wildman–Crippen MR) is 113 cm³/mol. The highest BCUT2D eigenvalue weighted by molar-refractivity contribution is 5.80. The number of piperidine rings is 1. The first-order valence-electron chi connectivity index (χ1n) is 10.4. The second kappa shape index (κ2) is 8.59. The third kappa shape index (κ3) is 4.23. The third-order valence-corrected chi connectivity index (χ3v) is 5.84. The van der Waals surface area contributed by atoms with Crippen molar-refractivity contribution >= 4 is 22.9 Å². The van der Waals surface area contributed by atoms with E-state index in [1.807, 2.05) is 30.3 Å². The quantitative estimate of drug-likeness (QED) is 0.671. The summed E-state index contributed by atoms with van der Waals surface area (Å²) in [6.07, 6.45) is 6.27. The molecule has 3 aromatic rings. The molecule has 2 aromatic heterocycles. The molecule has 7 nitrogen and oxygen atoms in total. The number of rotatable bonds is 6. The van der Waals surface area contributed by atoms with Crippen LogP contribution in [0.15, 0.2) is 42.7 Å². The number of carbonyl (C=O) groups excluding carboxylic acids is 1. The van der Waals surface area contributed by atoms with E-state index in [1.54, 1.807) is 12.4 Å². The van der Waals surface area contributed by atoms with Gasteiger partial charge < -0.3 is 15.2 Å². The molecular formula is C22H28N6O. The molecule has 0 radical (unpaired) electrons. The van der Waals surface area contributed by atoms with Crippen LogP contribution in [-0.2, 0) is 4.79 Å². The molecule has 29 heavy (non-hydrogen) atoms. The van der Waals surface area contributed by atoms with Crippen LogP contribution in [0.3, 0.4) is 0 Å². The van der Waals surface area contributed by atoms with E-state index >= 15 is 0 Å². The van der Waals surface area contributed by atoms with Crippen molar-refractivity contribution in [3.05, 3.63) is 48.5 Å². The number of para-hydroxylation sites is 2. The molecular weight excluding hydrogens is 364 g/mol. The van der Waals surface area contributed by atoms with Crippen molar-refractivity contribution in [2.75, 3.05) is 18.0 Å². The lowest BCUT2D eigenvalue weighted by atomic mass is 9.94. The Kier molecular flexibility index (Phi) is 5.74. The molecule has 7 heteroatoms. The van der Waals surface area contributed by atoms with Gasteiger partial charge in [0.1, 0.15) is 5.82 Å². The van der Waals surface area contributed by atoms with Gasteiger partial charge in [0, 0.05) is 25.5 Å². The normalized spacial score (nSPS) is 19.1. The van der Waals surface area contributed by atoms with Gasteiger partial charge in [-0.25, -0.2) is 15.0 Å². The summed E-state index contributed by atoms with van der Waals surface area (Å²) >= 11 is 0. The van der Waals surface area contributed by atoms with Crippen LogP contribution in [0.4, 0.5) is 5.95 Å². The van der Waals surface area contributed by atoms with Gasteiger partial charge >= 0.3 is 0 Å². The Morgan fingerprint density at radius 1 is 1.28 bits per heavy atom. The Labute approximate surface area is 171 Å². The van der Waals surface area contributed by atoms with Crippen LogP contribution >= 0.6 is 0 Å². The summed E-state index contributed by atoms with van der Waals surface area (Å²) in [6, 6.07) is 9.64. The van der Waals surface area contributed by atoms with Gasteiger partial charge in [-0.2, -0.15) is 0 Å². The van der Waals surface area contributed by atoms with Gasteiger partial charge in [-0.3, -0.25) is 4.79 Å². The Morgan fingerprint density at radius 3 is 2.83 bits per heavy atom. The largest absolute Gasteiger partial charge is 0.346 e. The number of anilines is 1. The SMILES string of the molecule is CC[C@H](C)[C@H](NC(=O)C1CCCN(c2ncccn2)C1)c1nc2ccccc2[nH]1. The minimum atomic E-state index is -0.136. The molecule has 1 saturated heterocycles. The molecule has 0 spiro atoms. The molecule has 1 aromatic carbocycles. The first-order valence-corrected chi connectivity index (χ1v) is 10.4. The Balaban J connectivity index is 1.50. The highest BCUT2D eigenvalue weighted by atomic mass is 16.2. The number of aromatic nitrogens is 4. The van der Waals surface area contributed by atoms with Crippen LogP contribution in [0.1, 0.15) is 45.0 Å². The van der Waals surface area contributed by atoms with Crippen molar-refractivity contribution in [2.24, 2.45) is 11.8 Å². The maximum absolute atomic E-state index is 13.2. The Bertz CT molecular complexity index is 923. The van der Waals surface area contributed by atoms with E-state index < -0.39 is 0 Å². The first kappa shape index (κ1) is 19.4. The summed E-state index contributed by atoms with van der Waals surface area (Å²) in [4.78, 5) is 32.1. The number of nitrogens with zero attached hydrogens (tertiary/aromatic N) is 4. The molecule has 1 fully saturated rings. The third-order valence-electron chi connectivity index (χ3n) is 5.84. The molecule has 3 heterocycles. The molecule has 152 valence electrons. The standard InChI is InChI=1S/C22H28N6O/c1-3-15(2)19(20-25-17-9-4-5-10-18(17)26-20)27-21(29)16-8-6-13-28(14-16)22-23-11-7-12-24-22/h4-5,7,9-12,15-16,19H,3,6,8,13-14H2,1-2H3,(H,25,26)(H,27,29)/t15-,16?,19-/m0/s1. The van der Waals surface area contributed by atoms with Crippen LogP contribution in [-0.4, -0.2) is 38.9 Å². The van der Waals surface area contributed by atoms with Crippen molar-refractivity contribution in [1.82, 2.24) is 25.3 Å². The monoisotopic (exact) mass is 392 g/mol. The lowest BCUT2D eigenvalue weighted by Crippen LogP contribution is -2.45. The molecule has 1 amide bonds. The van der Waals surface area contributed by atoms with E-state index in [-0.39, 0.29) is 23.8 Å². The van der Waals surface area contributed by atoms with Gasteiger partial charge in [0.05, 0.1) is 23.0 Å². The second-order valence-electron chi connectivity index (χ2n) is 7.84. The zero-order chi connectivity index (χ0) is 20.2. The number of imidazole rings is 1. The summed E-state index contributed by atoms with van der Waals surface area (Å²) < 4.78 is 0. The molecule has 0 bridgehead atoms. The smallest absolute Gasteiger partial charge is 0.225 e. The Hall–Kier alpha value is -2.96.